The fourth-order valence-electron chi connectivity index (χ4n) is 1.55. The molecule has 0 saturated heterocycles. The molecule has 86 valence electrons. The lowest BCUT2D eigenvalue weighted by molar-refractivity contribution is -0.313. The average Bonchev–Trinajstić information content (AvgIpc) is 2.17. The van der Waals surface area contributed by atoms with Crippen molar-refractivity contribution < 1.29 is 19.8 Å². The minimum absolute atomic E-state index is 0.299. The zero-order valence-corrected chi connectivity index (χ0v) is 9.15. The van der Waals surface area contributed by atoms with Gasteiger partial charge in [0.1, 0.15) is 0 Å². The number of rotatable bonds is 4. The molecule has 0 saturated carbocycles. The summed E-state index contributed by atoms with van der Waals surface area (Å²) in [6.45, 7) is 2.97. The van der Waals surface area contributed by atoms with E-state index in [0.717, 1.165) is 0 Å². The van der Waals surface area contributed by atoms with E-state index < -0.39 is 17.4 Å². The maximum absolute atomic E-state index is 11.0. The van der Waals surface area contributed by atoms with Crippen LogP contribution < -0.4 is 10.2 Å². The first-order valence-corrected chi connectivity index (χ1v) is 4.85. The fraction of sp³-hybridized carbons (Fsp3) is 0.333. The van der Waals surface area contributed by atoms with Crippen LogP contribution in [0.4, 0.5) is 0 Å². The molecule has 0 N–H and O–H groups in total. The lowest BCUT2D eigenvalue weighted by atomic mass is 9.81. The first-order valence-electron chi connectivity index (χ1n) is 4.85. The molecule has 1 aromatic rings. The Kier molecular flexibility index (Phi) is 3.32. The zero-order chi connectivity index (χ0) is 12.3. The molecule has 1 aromatic carbocycles. The number of hydrogen-bond acceptors (Lipinski definition) is 4. The molecule has 0 aliphatic carbocycles. The van der Waals surface area contributed by atoms with E-state index in [2.05, 4.69) is 0 Å². The third-order valence-electron chi connectivity index (χ3n) is 2.54. The third-order valence-corrected chi connectivity index (χ3v) is 2.54. The first kappa shape index (κ1) is 12.2. The predicted octanol–water partition coefficient (Wildman–Crippen LogP) is -0.994. The Morgan fingerprint density at radius 2 is 1.75 bits per heavy atom. The van der Waals surface area contributed by atoms with Gasteiger partial charge in [-0.2, -0.15) is 0 Å². The van der Waals surface area contributed by atoms with Crippen molar-refractivity contribution in [2.75, 3.05) is 0 Å². The van der Waals surface area contributed by atoms with E-state index in [9.17, 15) is 19.8 Å². The molecular formula is C12H12O4-2. The van der Waals surface area contributed by atoms with Crippen LogP contribution in [0.15, 0.2) is 24.3 Å². The SMILES string of the molecule is CC(C)(C(=O)[O-])c1ccccc1CC(=O)[O-]. The van der Waals surface area contributed by atoms with Crippen molar-refractivity contribution in [3.05, 3.63) is 35.4 Å². The molecular weight excluding hydrogens is 208 g/mol. The fourth-order valence-corrected chi connectivity index (χ4v) is 1.55. The van der Waals surface area contributed by atoms with Crippen LogP contribution in [0.5, 0.6) is 0 Å². The summed E-state index contributed by atoms with van der Waals surface area (Å²) in [5.74, 6) is -2.47. The number of aliphatic carboxylic acids is 2. The molecule has 0 amide bonds. The van der Waals surface area contributed by atoms with E-state index in [4.69, 9.17) is 0 Å². The number of carbonyl (C=O) groups is 2. The second-order valence-electron chi connectivity index (χ2n) is 4.12. The van der Waals surface area contributed by atoms with Gasteiger partial charge in [-0.3, -0.25) is 0 Å². The third kappa shape index (κ3) is 2.39. The van der Waals surface area contributed by atoms with E-state index in [1.54, 1.807) is 24.3 Å². The largest absolute Gasteiger partial charge is 0.550 e. The molecule has 0 aromatic heterocycles. The van der Waals surface area contributed by atoms with Gasteiger partial charge in [0.05, 0.1) is 5.97 Å². The Labute approximate surface area is 93.5 Å². The van der Waals surface area contributed by atoms with E-state index >= 15 is 0 Å². The highest BCUT2D eigenvalue weighted by atomic mass is 16.4. The molecule has 4 nitrogen and oxygen atoms in total. The highest BCUT2D eigenvalue weighted by Gasteiger charge is 2.24. The van der Waals surface area contributed by atoms with Crippen LogP contribution in [-0.4, -0.2) is 11.9 Å². The van der Waals surface area contributed by atoms with Crippen molar-refractivity contribution in [3.8, 4) is 0 Å². The highest BCUT2D eigenvalue weighted by molar-refractivity contribution is 5.80. The molecule has 0 fully saturated rings. The highest BCUT2D eigenvalue weighted by Crippen LogP contribution is 2.26. The van der Waals surface area contributed by atoms with Gasteiger partial charge in [0.15, 0.2) is 0 Å². The van der Waals surface area contributed by atoms with Crippen molar-refractivity contribution >= 4 is 11.9 Å². The molecule has 0 aliphatic heterocycles. The number of carboxylic acids is 2. The van der Waals surface area contributed by atoms with Crippen molar-refractivity contribution in [2.45, 2.75) is 25.7 Å². The number of benzene rings is 1. The van der Waals surface area contributed by atoms with Gasteiger partial charge < -0.3 is 19.8 Å². The van der Waals surface area contributed by atoms with Crippen LogP contribution in [0, 0.1) is 0 Å². The normalized spacial score (nSPS) is 11.1. The quantitative estimate of drug-likeness (QED) is 0.652. The van der Waals surface area contributed by atoms with Gasteiger partial charge in [0, 0.05) is 17.8 Å². The minimum Gasteiger partial charge on any atom is -0.550 e. The summed E-state index contributed by atoms with van der Waals surface area (Å²) in [5, 5.41) is 21.5. The van der Waals surface area contributed by atoms with E-state index in [-0.39, 0.29) is 6.42 Å². The minimum atomic E-state index is -1.24. The molecule has 4 heteroatoms. The second-order valence-corrected chi connectivity index (χ2v) is 4.12. The summed E-state index contributed by atoms with van der Waals surface area (Å²) in [4.78, 5) is 21.5. The molecule has 0 spiro atoms. The lowest BCUT2D eigenvalue weighted by Gasteiger charge is -2.29. The molecule has 0 radical (unpaired) electrons. The van der Waals surface area contributed by atoms with E-state index in [0.29, 0.717) is 11.1 Å². The van der Waals surface area contributed by atoms with Crippen LogP contribution in [-0.2, 0) is 21.4 Å². The predicted molar refractivity (Wildman–Crippen MR) is 53.2 cm³/mol. The Hall–Kier alpha value is -1.84. The van der Waals surface area contributed by atoms with E-state index in [1.807, 2.05) is 0 Å². The van der Waals surface area contributed by atoms with Crippen molar-refractivity contribution in [1.82, 2.24) is 0 Å². The van der Waals surface area contributed by atoms with Crippen LogP contribution in [0.1, 0.15) is 25.0 Å². The number of hydrogen-bond donors (Lipinski definition) is 0. The summed E-state index contributed by atoms with van der Waals surface area (Å²) < 4.78 is 0. The van der Waals surface area contributed by atoms with Crippen LogP contribution in [0.3, 0.4) is 0 Å². The lowest BCUT2D eigenvalue weighted by Crippen LogP contribution is -2.42. The van der Waals surface area contributed by atoms with Crippen molar-refractivity contribution in [3.63, 3.8) is 0 Å². The Morgan fingerprint density at radius 3 is 2.25 bits per heavy atom. The van der Waals surface area contributed by atoms with Crippen molar-refractivity contribution in [2.24, 2.45) is 0 Å². The summed E-state index contributed by atoms with van der Waals surface area (Å²) in [7, 11) is 0. The van der Waals surface area contributed by atoms with Gasteiger partial charge in [0.2, 0.25) is 0 Å². The molecule has 0 atom stereocenters. The van der Waals surface area contributed by atoms with Gasteiger partial charge in [-0.25, -0.2) is 0 Å². The van der Waals surface area contributed by atoms with Crippen LogP contribution in [0.2, 0.25) is 0 Å². The van der Waals surface area contributed by atoms with Gasteiger partial charge in [0.25, 0.3) is 0 Å². The molecule has 0 heterocycles. The van der Waals surface area contributed by atoms with Gasteiger partial charge in [-0.05, 0) is 11.1 Å². The van der Waals surface area contributed by atoms with Crippen molar-refractivity contribution in [1.29, 1.82) is 0 Å². The monoisotopic (exact) mass is 220 g/mol. The zero-order valence-electron chi connectivity index (χ0n) is 9.15. The molecule has 0 bridgehead atoms. The summed E-state index contributed by atoms with van der Waals surface area (Å²) >= 11 is 0. The average molecular weight is 220 g/mol. The summed E-state index contributed by atoms with van der Waals surface area (Å²) in [6, 6.07) is 6.50. The van der Waals surface area contributed by atoms with Gasteiger partial charge >= 0.3 is 0 Å². The topological polar surface area (TPSA) is 80.3 Å². The summed E-state index contributed by atoms with van der Waals surface area (Å²) in [6.07, 6.45) is -0.299. The Morgan fingerprint density at radius 1 is 1.19 bits per heavy atom. The summed E-state index contributed by atoms with van der Waals surface area (Å²) in [5.41, 5.74) is -0.331. The number of carbonyl (C=O) groups excluding carboxylic acids is 2. The molecule has 16 heavy (non-hydrogen) atoms. The Bertz CT molecular complexity index is 421. The van der Waals surface area contributed by atoms with Gasteiger partial charge in [-0.1, -0.05) is 38.1 Å². The molecule has 0 aliphatic rings. The standard InChI is InChI=1S/C12H14O4/c1-12(2,11(15)16)9-6-4-3-5-8(9)7-10(13)14/h3-6H,7H2,1-2H3,(H,13,14)(H,15,16)/p-2. The number of carboxylic acid groups (broad SMARTS) is 2. The molecule has 1 rings (SSSR count). The Balaban J connectivity index is 3.22. The van der Waals surface area contributed by atoms with Crippen LogP contribution in [0.25, 0.3) is 0 Å². The van der Waals surface area contributed by atoms with E-state index in [1.165, 1.54) is 13.8 Å². The maximum atomic E-state index is 11.0. The maximum Gasteiger partial charge on any atom is 0.0514 e. The first-order chi connectivity index (χ1) is 7.35. The van der Waals surface area contributed by atoms with Gasteiger partial charge in [-0.15, -0.1) is 0 Å². The van der Waals surface area contributed by atoms with Crippen LogP contribution >= 0.6 is 0 Å². The second kappa shape index (κ2) is 4.35. The smallest absolute Gasteiger partial charge is 0.0514 e. The molecule has 0 unspecified atom stereocenters.